The Morgan fingerprint density at radius 2 is 2.12 bits per heavy atom. The second-order valence-electron chi connectivity index (χ2n) is 7.63. The standard InChI is InChI=1S/C21H24FNO2S/c1-21(12-3-2-4-13-21)26(24,25)23-14-11-16-7-6-10-19(20(16)23)17-8-5-9-18(22)15-17/h2-5,7-9,12,15,19-20H,6,10-11,13-14H2,1H3/t19-,20+,21?/m0/s1. The van der Waals surface area contributed by atoms with E-state index in [-0.39, 0.29) is 17.8 Å². The van der Waals surface area contributed by atoms with Crippen LogP contribution in [0.2, 0.25) is 0 Å². The molecule has 1 aliphatic heterocycles. The minimum absolute atomic E-state index is 0.00897. The summed E-state index contributed by atoms with van der Waals surface area (Å²) in [6, 6.07) is 6.44. The largest absolute Gasteiger partial charge is 0.224 e. The summed E-state index contributed by atoms with van der Waals surface area (Å²) in [7, 11) is -3.52. The van der Waals surface area contributed by atoms with Crippen molar-refractivity contribution in [2.24, 2.45) is 0 Å². The van der Waals surface area contributed by atoms with E-state index in [2.05, 4.69) is 6.08 Å². The molecule has 138 valence electrons. The Bertz CT molecular complexity index is 902. The van der Waals surface area contributed by atoms with Crippen LogP contribution in [0.3, 0.4) is 0 Å². The lowest BCUT2D eigenvalue weighted by Gasteiger charge is -2.39. The zero-order valence-electron chi connectivity index (χ0n) is 14.9. The molecule has 1 aromatic rings. The normalized spacial score (nSPS) is 31.7. The highest BCUT2D eigenvalue weighted by molar-refractivity contribution is 7.90. The summed E-state index contributed by atoms with van der Waals surface area (Å²) in [6.45, 7) is 2.31. The molecule has 0 bridgehead atoms. The van der Waals surface area contributed by atoms with Gasteiger partial charge >= 0.3 is 0 Å². The fourth-order valence-electron chi connectivity index (χ4n) is 4.52. The lowest BCUT2D eigenvalue weighted by molar-refractivity contribution is 0.336. The molecule has 1 unspecified atom stereocenters. The van der Waals surface area contributed by atoms with Crippen molar-refractivity contribution in [1.82, 2.24) is 4.31 Å². The molecule has 1 heterocycles. The van der Waals surface area contributed by atoms with Crippen molar-refractivity contribution in [2.45, 2.75) is 49.3 Å². The average molecular weight is 373 g/mol. The van der Waals surface area contributed by atoms with Crippen LogP contribution in [0.4, 0.5) is 4.39 Å². The van der Waals surface area contributed by atoms with Crippen LogP contribution in [0, 0.1) is 5.82 Å². The van der Waals surface area contributed by atoms with E-state index in [1.54, 1.807) is 29.4 Å². The lowest BCUT2D eigenvalue weighted by atomic mass is 9.80. The molecule has 2 aliphatic carbocycles. The van der Waals surface area contributed by atoms with E-state index in [0.29, 0.717) is 13.0 Å². The van der Waals surface area contributed by atoms with Gasteiger partial charge in [-0.15, -0.1) is 0 Å². The van der Waals surface area contributed by atoms with Gasteiger partial charge in [0.05, 0.1) is 6.04 Å². The second-order valence-corrected chi connectivity index (χ2v) is 9.98. The number of fused-ring (bicyclic) bond motifs is 1. The Morgan fingerprint density at radius 1 is 1.27 bits per heavy atom. The van der Waals surface area contributed by atoms with Crippen molar-refractivity contribution in [1.29, 1.82) is 0 Å². The van der Waals surface area contributed by atoms with Crippen LogP contribution in [-0.2, 0) is 10.0 Å². The third kappa shape index (κ3) is 2.78. The van der Waals surface area contributed by atoms with Gasteiger partial charge in [0.25, 0.3) is 0 Å². The lowest BCUT2D eigenvalue weighted by Crippen LogP contribution is -2.49. The number of rotatable bonds is 3. The summed E-state index contributed by atoms with van der Waals surface area (Å²) in [5.41, 5.74) is 2.08. The van der Waals surface area contributed by atoms with Gasteiger partial charge in [-0.25, -0.2) is 12.8 Å². The molecule has 1 saturated heterocycles. The number of hydrogen-bond acceptors (Lipinski definition) is 2. The predicted molar refractivity (Wildman–Crippen MR) is 102 cm³/mol. The van der Waals surface area contributed by atoms with E-state index in [1.165, 1.54) is 11.6 Å². The zero-order valence-corrected chi connectivity index (χ0v) is 15.8. The first-order valence-electron chi connectivity index (χ1n) is 9.22. The SMILES string of the molecule is CC1(S(=O)(=O)N2CCC3=CCC[C@@H](c4cccc(F)c4)[C@@H]32)C=CC=CC1. The van der Waals surface area contributed by atoms with Gasteiger partial charge in [-0.2, -0.15) is 4.31 Å². The van der Waals surface area contributed by atoms with Crippen molar-refractivity contribution in [3.63, 3.8) is 0 Å². The molecule has 0 spiro atoms. The van der Waals surface area contributed by atoms with E-state index in [4.69, 9.17) is 0 Å². The monoisotopic (exact) mass is 373 g/mol. The van der Waals surface area contributed by atoms with Crippen molar-refractivity contribution >= 4 is 10.0 Å². The van der Waals surface area contributed by atoms with Crippen molar-refractivity contribution in [3.05, 3.63) is 71.6 Å². The number of sulfonamides is 1. The Kier molecular flexibility index (Phi) is 4.40. The maximum atomic E-state index is 13.8. The predicted octanol–water partition coefficient (Wildman–Crippen LogP) is 4.31. The molecule has 5 heteroatoms. The van der Waals surface area contributed by atoms with Gasteiger partial charge in [0.2, 0.25) is 10.0 Å². The first-order chi connectivity index (χ1) is 12.4. The molecule has 0 saturated carbocycles. The molecular weight excluding hydrogens is 349 g/mol. The molecule has 0 amide bonds. The molecule has 0 radical (unpaired) electrons. The molecule has 4 rings (SSSR count). The van der Waals surface area contributed by atoms with Crippen molar-refractivity contribution in [3.8, 4) is 0 Å². The first-order valence-corrected chi connectivity index (χ1v) is 10.7. The van der Waals surface area contributed by atoms with Gasteiger partial charge in [0.1, 0.15) is 10.6 Å². The zero-order chi connectivity index (χ0) is 18.4. The maximum absolute atomic E-state index is 13.8. The van der Waals surface area contributed by atoms with Gasteiger partial charge in [-0.3, -0.25) is 0 Å². The topological polar surface area (TPSA) is 37.4 Å². The molecule has 1 fully saturated rings. The highest BCUT2D eigenvalue weighted by atomic mass is 32.2. The summed E-state index contributed by atoms with van der Waals surface area (Å²) in [6.07, 6.45) is 12.6. The summed E-state index contributed by atoms with van der Waals surface area (Å²) >= 11 is 0. The molecule has 0 aromatic heterocycles. The molecule has 0 N–H and O–H groups in total. The third-order valence-corrected chi connectivity index (χ3v) is 8.48. The fraction of sp³-hybridized carbons (Fsp3) is 0.429. The minimum atomic E-state index is -3.52. The first kappa shape index (κ1) is 17.7. The Labute approximate surface area is 155 Å². The van der Waals surface area contributed by atoms with Crippen LogP contribution >= 0.6 is 0 Å². The van der Waals surface area contributed by atoms with Crippen LogP contribution < -0.4 is 0 Å². The fourth-order valence-corrected chi connectivity index (χ4v) is 6.53. The van der Waals surface area contributed by atoms with Crippen molar-refractivity contribution in [2.75, 3.05) is 6.54 Å². The van der Waals surface area contributed by atoms with Crippen LogP contribution in [0.25, 0.3) is 0 Å². The highest BCUT2D eigenvalue weighted by Crippen LogP contribution is 2.45. The molecular formula is C21H24FNO2S. The van der Waals surface area contributed by atoms with E-state index in [1.807, 2.05) is 24.3 Å². The average Bonchev–Trinajstić information content (AvgIpc) is 3.07. The number of hydrogen-bond donors (Lipinski definition) is 0. The van der Waals surface area contributed by atoms with E-state index in [0.717, 1.165) is 24.8 Å². The Balaban J connectivity index is 1.73. The molecule has 3 atom stereocenters. The Morgan fingerprint density at radius 3 is 2.85 bits per heavy atom. The quantitative estimate of drug-likeness (QED) is 0.741. The van der Waals surface area contributed by atoms with E-state index in [9.17, 15) is 12.8 Å². The molecule has 26 heavy (non-hydrogen) atoms. The molecule has 3 aliphatic rings. The van der Waals surface area contributed by atoms with Gasteiger partial charge in [0.15, 0.2) is 0 Å². The number of allylic oxidation sites excluding steroid dienone is 4. The third-order valence-electron chi connectivity index (χ3n) is 5.97. The number of benzene rings is 1. The second kappa shape index (κ2) is 6.46. The molecule has 1 aromatic carbocycles. The molecule has 3 nitrogen and oxygen atoms in total. The van der Waals surface area contributed by atoms with E-state index < -0.39 is 14.8 Å². The van der Waals surface area contributed by atoms with E-state index >= 15 is 0 Å². The summed E-state index contributed by atoms with van der Waals surface area (Å²) in [4.78, 5) is 0. The smallest absolute Gasteiger partial charge is 0.211 e. The number of nitrogens with zero attached hydrogens (tertiary/aromatic N) is 1. The summed E-state index contributed by atoms with van der Waals surface area (Å²) in [5.74, 6) is -0.256. The van der Waals surface area contributed by atoms with Gasteiger partial charge in [0, 0.05) is 12.5 Å². The van der Waals surface area contributed by atoms with Gasteiger partial charge in [-0.05, 0) is 50.3 Å². The van der Waals surface area contributed by atoms with Crippen LogP contribution in [0.1, 0.15) is 44.1 Å². The summed E-state index contributed by atoms with van der Waals surface area (Å²) < 4.78 is 41.7. The van der Waals surface area contributed by atoms with Crippen LogP contribution in [0.15, 0.2) is 60.2 Å². The van der Waals surface area contributed by atoms with Crippen LogP contribution in [0.5, 0.6) is 0 Å². The maximum Gasteiger partial charge on any atom is 0.224 e. The van der Waals surface area contributed by atoms with Crippen molar-refractivity contribution < 1.29 is 12.8 Å². The Hall–Kier alpha value is -1.72. The highest BCUT2D eigenvalue weighted by Gasteiger charge is 2.49. The van der Waals surface area contributed by atoms with Gasteiger partial charge < -0.3 is 0 Å². The van der Waals surface area contributed by atoms with Crippen LogP contribution in [-0.4, -0.2) is 30.1 Å². The summed E-state index contributed by atoms with van der Waals surface area (Å²) in [5, 5.41) is 0. The number of halogens is 1. The van der Waals surface area contributed by atoms with Gasteiger partial charge in [-0.1, -0.05) is 48.1 Å². The minimum Gasteiger partial charge on any atom is -0.211 e.